The molecule has 1 amide bonds. The van der Waals surface area contributed by atoms with E-state index in [1.165, 1.54) is 6.07 Å². The van der Waals surface area contributed by atoms with Crippen molar-refractivity contribution in [3.05, 3.63) is 92.7 Å². The van der Waals surface area contributed by atoms with E-state index in [2.05, 4.69) is 0 Å². The number of pyridine rings is 1. The van der Waals surface area contributed by atoms with Crippen LogP contribution in [0.5, 0.6) is 11.5 Å². The number of fused-ring (bicyclic) bond motifs is 5. The Bertz CT molecular complexity index is 1690. The van der Waals surface area contributed by atoms with Gasteiger partial charge in [0.1, 0.15) is 17.1 Å². The van der Waals surface area contributed by atoms with Crippen LogP contribution in [0.3, 0.4) is 0 Å². The Kier molecular flexibility index (Phi) is 6.25. The summed E-state index contributed by atoms with van der Waals surface area (Å²) in [7, 11) is 1.61. The zero-order chi connectivity index (χ0) is 27.3. The number of hydrogen-bond acceptors (Lipinski definition) is 6. The van der Waals surface area contributed by atoms with Crippen LogP contribution in [-0.4, -0.2) is 41.7 Å². The van der Waals surface area contributed by atoms with Crippen molar-refractivity contribution >= 4 is 16.9 Å². The van der Waals surface area contributed by atoms with Crippen molar-refractivity contribution in [3.63, 3.8) is 0 Å². The minimum atomic E-state index is -0.727. The molecule has 2 bridgehead atoms. The number of aromatic nitrogens is 1. The number of benzene rings is 2. The van der Waals surface area contributed by atoms with Gasteiger partial charge in [0, 0.05) is 54.3 Å². The summed E-state index contributed by atoms with van der Waals surface area (Å²) in [6.45, 7) is 5.36. The topological polar surface area (TPSA) is 91.0 Å². The number of amides is 1. The lowest BCUT2D eigenvalue weighted by molar-refractivity contribution is -0.140. The summed E-state index contributed by atoms with van der Waals surface area (Å²) in [4.78, 5) is 40.2. The van der Waals surface area contributed by atoms with Gasteiger partial charge in [-0.15, -0.1) is 0 Å². The van der Waals surface area contributed by atoms with Gasteiger partial charge in [0.2, 0.25) is 0 Å². The fourth-order valence-corrected chi connectivity index (χ4v) is 6.05. The second kappa shape index (κ2) is 9.76. The summed E-state index contributed by atoms with van der Waals surface area (Å²) in [6, 6.07) is 18.0. The molecule has 1 fully saturated rings. The Morgan fingerprint density at radius 3 is 2.59 bits per heavy atom. The number of likely N-dealkylation sites (tertiary alicyclic amines) is 1. The Labute approximate surface area is 225 Å². The molecule has 39 heavy (non-hydrogen) atoms. The minimum absolute atomic E-state index is 0.0206. The number of carbonyl (C=O) groups is 1. The lowest BCUT2D eigenvalue weighted by Crippen LogP contribution is -2.52. The quantitative estimate of drug-likeness (QED) is 0.359. The Morgan fingerprint density at radius 2 is 1.82 bits per heavy atom. The molecule has 0 saturated carbocycles. The van der Waals surface area contributed by atoms with Crippen LogP contribution in [0.1, 0.15) is 30.5 Å². The van der Waals surface area contributed by atoms with E-state index in [1.54, 1.807) is 26.2 Å². The first kappa shape index (κ1) is 25.0. The van der Waals surface area contributed by atoms with Crippen molar-refractivity contribution in [1.82, 2.24) is 9.47 Å². The van der Waals surface area contributed by atoms with Crippen molar-refractivity contribution in [3.8, 4) is 22.6 Å². The Morgan fingerprint density at radius 1 is 1.03 bits per heavy atom. The molecule has 8 nitrogen and oxygen atoms in total. The molecule has 4 aromatic rings. The summed E-state index contributed by atoms with van der Waals surface area (Å²) in [5.74, 6) is 1.50. The largest absolute Gasteiger partial charge is 0.497 e. The average Bonchev–Trinajstić information content (AvgIpc) is 2.94. The van der Waals surface area contributed by atoms with Gasteiger partial charge in [0.05, 0.1) is 7.11 Å². The number of rotatable bonds is 5. The fourth-order valence-electron chi connectivity index (χ4n) is 6.05. The predicted molar refractivity (Wildman–Crippen MR) is 147 cm³/mol. The van der Waals surface area contributed by atoms with E-state index in [0.717, 1.165) is 34.4 Å². The van der Waals surface area contributed by atoms with E-state index < -0.39 is 11.7 Å². The van der Waals surface area contributed by atoms with E-state index in [0.29, 0.717) is 36.5 Å². The van der Waals surface area contributed by atoms with Gasteiger partial charge in [0.25, 0.3) is 11.5 Å². The highest BCUT2D eigenvalue weighted by Gasteiger charge is 2.37. The predicted octanol–water partition coefficient (Wildman–Crippen LogP) is 4.35. The van der Waals surface area contributed by atoms with Gasteiger partial charge in [-0.25, -0.2) is 4.79 Å². The number of nitrogens with zero attached hydrogens (tertiary/aromatic N) is 2. The van der Waals surface area contributed by atoms with Crippen LogP contribution in [0.25, 0.3) is 22.1 Å². The van der Waals surface area contributed by atoms with Gasteiger partial charge in [0.15, 0.2) is 6.10 Å². The summed E-state index contributed by atoms with van der Waals surface area (Å²) in [5, 5.41) is 0.779. The first-order valence-corrected chi connectivity index (χ1v) is 13.2. The standard InChI is InChI=1S/C31H30N2O6/c1-18-27(12-11-24-25(14-29(35)39-30(18)24)21-7-9-23(37-3)10-8-21)38-19(2)31(36)32-15-20-13-22(17-32)26-5-4-6-28(34)33(26)16-20/h4-12,14,19-20,22H,13,15-17H2,1-3H3/t19-,20+,22+/m1/s1. The molecule has 6 rings (SSSR count). The first-order chi connectivity index (χ1) is 18.8. The van der Waals surface area contributed by atoms with E-state index in [-0.39, 0.29) is 23.3 Å². The smallest absolute Gasteiger partial charge is 0.336 e. The molecule has 0 unspecified atom stereocenters. The van der Waals surface area contributed by atoms with Gasteiger partial charge in [-0.05, 0) is 67.6 Å². The number of ether oxygens (including phenoxy) is 2. The summed E-state index contributed by atoms with van der Waals surface area (Å²) >= 11 is 0. The lowest BCUT2D eigenvalue weighted by atomic mass is 9.83. The normalized spacial score (nSPS) is 18.9. The van der Waals surface area contributed by atoms with Gasteiger partial charge in [-0.3, -0.25) is 9.59 Å². The molecule has 2 aliphatic rings. The third-order valence-electron chi connectivity index (χ3n) is 7.96. The first-order valence-electron chi connectivity index (χ1n) is 13.2. The van der Waals surface area contributed by atoms with Crippen molar-refractivity contribution in [2.45, 2.75) is 38.8 Å². The third kappa shape index (κ3) is 4.50. The number of aryl methyl sites for hydroxylation is 1. The van der Waals surface area contributed by atoms with Crippen LogP contribution in [0.4, 0.5) is 0 Å². The molecule has 0 radical (unpaired) electrons. The van der Waals surface area contributed by atoms with E-state index in [9.17, 15) is 14.4 Å². The van der Waals surface area contributed by atoms with E-state index in [1.807, 2.05) is 58.9 Å². The second-order valence-electron chi connectivity index (χ2n) is 10.5. The van der Waals surface area contributed by atoms with E-state index in [4.69, 9.17) is 13.9 Å². The van der Waals surface area contributed by atoms with Crippen LogP contribution in [0.2, 0.25) is 0 Å². The average molecular weight is 527 g/mol. The van der Waals surface area contributed by atoms with Gasteiger partial charge < -0.3 is 23.4 Å². The molecule has 2 aromatic heterocycles. The zero-order valence-corrected chi connectivity index (χ0v) is 22.2. The monoisotopic (exact) mass is 526 g/mol. The number of carbonyl (C=O) groups excluding carboxylic acids is 1. The van der Waals surface area contributed by atoms with Gasteiger partial charge >= 0.3 is 5.63 Å². The second-order valence-corrected chi connectivity index (χ2v) is 10.5. The molecule has 2 aromatic carbocycles. The molecule has 0 aliphatic carbocycles. The van der Waals surface area contributed by atoms with Gasteiger partial charge in [-0.1, -0.05) is 18.2 Å². The van der Waals surface area contributed by atoms with Crippen LogP contribution in [-0.2, 0) is 11.3 Å². The highest BCUT2D eigenvalue weighted by molar-refractivity contribution is 5.95. The number of hydrogen-bond donors (Lipinski definition) is 0. The van der Waals surface area contributed by atoms with E-state index >= 15 is 0 Å². The molecular weight excluding hydrogens is 496 g/mol. The summed E-state index contributed by atoms with van der Waals surface area (Å²) < 4.78 is 18.9. The molecule has 4 heterocycles. The number of methoxy groups -OCH3 is 1. The molecule has 8 heteroatoms. The van der Waals surface area contributed by atoms with Crippen molar-refractivity contribution in [2.75, 3.05) is 20.2 Å². The summed E-state index contributed by atoms with van der Waals surface area (Å²) in [5.41, 5.74) is 3.26. The molecule has 2 aliphatic heterocycles. The van der Waals surface area contributed by atoms with Crippen LogP contribution < -0.4 is 20.7 Å². The highest BCUT2D eigenvalue weighted by atomic mass is 16.5. The maximum atomic E-state index is 13.5. The van der Waals surface area contributed by atoms with Crippen LogP contribution in [0.15, 0.2) is 74.7 Å². The maximum absolute atomic E-state index is 13.5. The zero-order valence-electron chi connectivity index (χ0n) is 22.2. The molecular formula is C31H30N2O6. The van der Waals surface area contributed by atoms with Crippen LogP contribution >= 0.6 is 0 Å². The molecule has 0 N–H and O–H groups in total. The number of piperidine rings is 1. The molecule has 0 spiro atoms. The highest BCUT2D eigenvalue weighted by Crippen LogP contribution is 2.36. The Hall–Kier alpha value is -4.33. The minimum Gasteiger partial charge on any atom is -0.497 e. The van der Waals surface area contributed by atoms with Crippen LogP contribution in [0, 0.1) is 12.8 Å². The SMILES string of the molecule is COc1ccc(-c2cc(=O)oc3c(C)c(O[C@H](C)C(=O)N4C[C@@H]5C[C@@H](C4)c4cccc(=O)n4C5)ccc23)cc1. The summed E-state index contributed by atoms with van der Waals surface area (Å²) in [6.07, 6.45) is 0.247. The third-order valence-corrected chi connectivity index (χ3v) is 7.96. The lowest BCUT2D eigenvalue weighted by Gasteiger charge is -2.43. The van der Waals surface area contributed by atoms with Crippen molar-refractivity contribution < 1.29 is 18.7 Å². The molecule has 3 atom stereocenters. The van der Waals surface area contributed by atoms with Crippen molar-refractivity contribution in [2.24, 2.45) is 5.92 Å². The molecule has 1 saturated heterocycles. The fraction of sp³-hybridized carbons (Fsp3) is 0.323. The van der Waals surface area contributed by atoms with Gasteiger partial charge in [-0.2, -0.15) is 0 Å². The Balaban J connectivity index is 1.25. The maximum Gasteiger partial charge on any atom is 0.336 e. The molecule has 200 valence electrons. The van der Waals surface area contributed by atoms with Crippen molar-refractivity contribution in [1.29, 1.82) is 0 Å².